The second-order valence-electron chi connectivity index (χ2n) is 4.97. The van der Waals surface area contributed by atoms with Gasteiger partial charge in [-0.15, -0.1) is 0 Å². The van der Waals surface area contributed by atoms with Crippen molar-refractivity contribution in [2.45, 2.75) is 33.2 Å². The summed E-state index contributed by atoms with van der Waals surface area (Å²) in [4.78, 5) is 19.7. The second kappa shape index (κ2) is 6.92. The van der Waals surface area contributed by atoms with Gasteiger partial charge in [-0.25, -0.2) is 4.98 Å². The van der Waals surface area contributed by atoms with E-state index < -0.39 is 0 Å². The van der Waals surface area contributed by atoms with Crippen LogP contribution in [-0.2, 0) is 0 Å². The number of imidazole rings is 1. The lowest BCUT2D eigenvalue weighted by molar-refractivity contribution is 0.0933. The molecule has 0 saturated carbocycles. The zero-order valence-corrected chi connectivity index (χ0v) is 12.7. The van der Waals surface area contributed by atoms with Gasteiger partial charge in [-0.2, -0.15) is 0 Å². The Bertz CT molecular complexity index is 592. The van der Waals surface area contributed by atoms with Gasteiger partial charge in [0.25, 0.3) is 5.91 Å². The largest absolute Gasteiger partial charge is 0.385 e. The number of H-pyrrole nitrogens is 1. The van der Waals surface area contributed by atoms with Crippen molar-refractivity contribution >= 4 is 11.6 Å². The van der Waals surface area contributed by atoms with E-state index in [2.05, 4.69) is 20.6 Å². The van der Waals surface area contributed by atoms with E-state index in [-0.39, 0.29) is 11.9 Å². The molecule has 1 unspecified atom stereocenters. The molecule has 0 aliphatic rings. The molecule has 112 valence electrons. The molecule has 5 heteroatoms. The number of aryl methyl sites for hydroxylation is 1. The number of amides is 1. The van der Waals surface area contributed by atoms with Crippen LogP contribution >= 0.6 is 0 Å². The van der Waals surface area contributed by atoms with Crippen LogP contribution in [0.5, 0.6) is 0 Å². The number of rotatable bonds is 6. The molecule has 2 rings (SSSR count). The molecule has 1 aromatic carbocycles. The molecule has 3 N–H and O–H groups in total. The maximum absolute atomic E-state index is 12.4. The molecule has 1 atom stereocenters. The van der Waals surface area contributed by atoms with E-state index in [1.165, 1.54) is 0 Å². The van der Waals surface area contributed by atoms with Crippen LogP contribution in [0.1, 0.15) is 48.1 Å². The monoisotopic (exact) mass is 286 g/mol. The van der Waals surface area contributed by atoms with Gasteiger partial charge < -0.3 is 15.6 Å². The first kappa shape index (κ1) is 15.1. The molecule has 0 radical (unpaired) electrons. The summed E-state index contributed by atoms with van der Waals surface area (Å²) in [5, 5.41) is 6.27. The summed E-state index contributed by atoms with van der Waals surface area (Å²) in [7, 11) is 0. The highest BCUT2D eigenvalue weighted by molar-refractivity contribution is 5.96. The van der Waals surface area contributed by atoms with E-state index in [0.717, 1.165) is 30.0 Å². The van der Waals surface area contributed by atoms with Gasteiger partial charge in [0.05, 0.1) is 6.04 Å². The maximum atomic E-state index is 12.4. The van der Waals surface area contributed by atoms with Crippen LogP contribution in [0.4, 0.5) is 5.69 Å². The topological polar surface area (TPSA) is 69.8 Å². The third-order valence-electron chi connectivity index (χ3n) is 3.41. The number of aromatic nitrogens is 2. The fourth-order valence-electron chi connectivity index (χ4n) is 2.30. The molecule has 1 amide bonds. The van der Waals surface area contributed by atoms with Gasteiger partial charge in [0.15, 0.2) is 0 Å². The second-order valence-corrected chi connectivity index (χ2v) is 4.97. The van der Waals surface area contributed by atoms with E-state index >= 15 is 0 Å². The highest BCUT2D eigenvalue weighted by atomic mass is 16.1. The Labute approximate surface area is 125 Å². The van der Waals surface area contributed by atoms with Crippen molar-refractivity contribution in [2.24, 2.45) is 0 Å². The number of nitrogens with one attached hydrogen (secondary N) is 3. The number of aromatic amines is 1. The lowest BCUT2D eigenvalue weighted by Gasteiger charge is -2.16. The van der Waals surface area contributed by atoms with Crippen LogP contribution in [0.3, 0.4) is 0 Å². The van der Waals surface area contributed by atoms with Gasteiger partial charge in [-0.05, 0) is 44.0 Å². The third kappa shape index (κ3) is 3.62. The molecule has 0 aliphatic carbocycles. The summed E-state index contributed by atoms with van der Waals surface area (Å²) < 4.78 is 0. The Morgan fingerprint density at radius 1 is 1.38 bits per heavy atom. The molecule has 0 spiro atoms. The van der Waals surface area contributed by atoms with Crippen LogP contribution in [0, 0.1) is 6.92 Å². The number of anilines is 1. The Hall–Kier alpha value is -2.30. The summed E-state index contributed by atoms with van der Waals surface area (Å²) in [6.45, 7) is 6.88. The van der Waals surface area contributed by atoms with E-state index in [1.807, 2.05) is 39.0 Å². The zero-order chi connectivity index (χ0) is 15.2. The molecule has 0 bridgehead atoms. The first-order chi connectivity index (χ1) is 10.2. The first-order valence-corrected chi connectivity index (χ1v) is 7.30. The molecular formula is C16H22N4O. The van der Waals surface area contributed by atoms with Crippen molar-refractivity contribution in [1.82, 2.24) is 15.3 Å². The van der Waals surface area contributed by atoms with E-state index in [4.69, 9.17) is 0 Å². The average molecular weight is 286 g/mol. The predicted molar refractivity (Wildman–Crippen MR) is 84.4 cm³/mol. The Morgan fingerprint density at radius 2 is 2.19 bits per heavy atom. The highest BCUT2D eigenvalue weighted by Crippen LogP contribution is 2.17. The Balaban J connectivity index is 2.12. The van der Waals surface area contributed by atoms with E-state index in [9.17, 15) is 4.79 Å². The maximum Gasteiger partial charge on any atom is 0.252 e. The van der Waals surface area contributed by atoms with Crippen LogP contribution in [0.15, 0.2) is 30.6 Å². The Morgan fingerprint density at radius 3 is 2.76 bits per heavy atom. The van der Waals surface area contributed by atoms with Crippen LogP contribution in [-0.4, -0.2) is 22.4 Å². The van der Waals surface area contributed by atoms with Crippen molar-refractivity contribution in [1.29, 1.82) is 0 Å². The number of benzene rings is 1. The van der Waals surface area contributed by atoms with Gasteiger partial charge in [0.1, 0.15) is 5.82 Å². The summed E-state index contributed by atoms with van der Waals surface area (Å²) >= 11 is 0. The SMILES string of the molecule is CCNc1ccc(C(=O)NC(CC)c2ncc[nH]2)c(C)c1. The molecule has 0 aliphatic heterocycles. The van der Waals surface area contributed by atoms with Crippen LogP contribution in [0.2, 0.25) is 0 Å². The normalized spacial score (nSPS) is 12.0. The van der Waals surface area contributed by atoms with Crippen molar-refractivity contribution < 1.29 is 4.79 Å². The van der Waals surface area contributed by atoms with Crippen molar-refractivity contribution in [3.63, 3.8) is 0 Å². The minimum atomic E-state index is -0.0969. The van der Waals surface area contributed by atoms with Gasteiger partial charge in [-0.3, -0.25) is 4.79 Å². The Kier molecular flexibility index (Phi) is 4.98. The number of carbonyl (C=O) groups is 1. The van der Waals surface area contributed by atoms with Gasteiger partial charge >= 0.3 is 0 Å². The average Bonchev–Trinajstić information content (AvgIpc) is 2.99. The minimum absolute atomic E-state index is 0.0706. The summed E-state index contributed by atoms with van der Waals surface area (Å²) in [6, 6.07) is 5.68. The van der Waals surface area contributed by atoms with Crippen molar-refractivity contribution in [2.75, 3.05) is 11.9 Å². The predicted octanol–water partition coefficient (Wildman–Crippen LogP) is 3.03. The molecule has 5 nitrogen and oxygen atoms in total. The number of carbonyl (C=O) groups excluding carboxylic acids is 1. The summed E-state index contributed by atoms with van der Waals surface area (Å²) in [6.07, 6.45) is 4.25. The quantitative estimate of drug-likeness (QED) is 0.764. The fraction of sp³-hybridized carbons (Fsp3) is 0.375. The fourth-order valence-corrected chi connectivity index (χ4v) is 2.30. The summed E-state index contributed by atoms with van der Waals surface area (Å²) in [5.74, 6) is 0.714. The van der Waals surface area contributed by atoms with Gasteiger partial charge in [0.2, 0.25) is 0 Å². The molecule has 0 saturated heterocycles. The standard InChI is InChI=1S/C16H22N4O/c1-4-14(15-18-8-9-19-15)20-16(21)13-7-6-12(17-5-2)10-11(13)3/h6-10,14,17H,4-5H2,1-3H3,(H,18,19)(H,20,21). The van der Waals surface area contributed by atoms with Crippen LogP contribution in [0.25, 0.3) is 0 Å². The number of hydrogen-bond donors (Lipinski definition) is 3. The molecule has 2 aromatic rings. The smallest absolute Gasteiger partial charge is 0.252 e. The van der Waals surface area contributed by atoms with Gasteiger partial charge in [-0.1, -0.05) is 6.92 Å². The molecular weight excluding hydrogens is 264 g/mol. The molecule has 1 heterocycles. The highest BCUT2D eigenvalue weighted by Gasteiger charge is 2.17. The molecule has 0 fully saturated rings. The van der Waals surface area contributed by atoms with E-state index in [1.54, 1.807) is 12.4 Å². The minimum Gasteiger partial charge on any atom is -0.385 e. The number of hydrogen-bond acceptors (Lipinski definition) is 3. The van der Waals surface area contributed by atoms with Crippen LogP contribution < -0.4 is 10.6 Å². The first-order valence-electron chi connectivity index (χ1n) is 7.30. The molecule has 21 heavy (non-hydrogen) atoms. The zero-order valence-electron chi connectivity index (χ0n) is 12.7. The van der Waals surface area contributed by atoms with Gasteiger partial charge in [0, 0.05) is 30.2 Å². The lowest BCUT2D eigenvalue weighted by Crippen LogP contribution is -2.29. The lowest BCUT2D eigenvalue weighted by atomic mass is 10.1. The third-order valence-corrected chi connectivity index (χ3v) is 3.41. The number of nitrogens with zero attached hydrogens (tertiary/aromatic N) is 1. The van der Waals surface area contributed by atoms with E-state index in [0.29, 0.717) is 5.56 Å². The summed E-state index contributed by atoms with van der Waals surface area (Å²) in [5.41, 5.74) is 2.69. The molecule has 1 aromatic heterocycles. The van der Waals surface area contributed by atoms with Crippen molar-refractivity contribution in [3.05, 3.63) is 47.5 Å². The van der Waals surface area contributed by atoms with Crippen molar-refractivity contribution in [3.8, 4) is 0 Å².